The predicted octanol–water partition coefficient (Wildman–Crippen LogP) is 1.31. The third-order valence-electron chi connectivity index (χ3n) is 3.72. The van der Waals surface area contributed by atoms with E-state index < -0.39 is 0 Å². The van der Waals surface area contributed by atoms with Gasteiger partial charge in [-0.2, -0.15) is 0 Å². The quantitative estimate of drug-likeness (QED) is 0.843. The topological polar surface area (TPSA) is 26.7 Å². The van der Waals surface area contributed by atoms with Crippen LogP contribution >= 0.6 is 0 Å². The molecule has 0 saturated carbocycles. The van der Waals surface area contributed by atoms with Crippen molar-refractivity contribution in [1.29, 1.82) is 0 Å². The van der Waals surface area contributed by atoms with E-state index in [4.69, 9.17) is 5.11 Å². The van der Waals surface area contributed by atoms with Crippen molar-refractivity contribution in [3.8, 4) is 11.8 Å². The average molecular weight is 276 g/mol. The zero-order chi connectivity index (χ0) is 14.5. The highest BCUT2D eigenvalue weighted by Crippen LogP contribution is 2.17. The number of nitrogens with zero attached hydrogens (tertiary/aromatic N) is 2. The van der Waals surface area contributed by atoms with Crippen molar-refractivity contribution in [2.24, 2.45) is 0 Å². The van der Waals surface area contributed by atoms with Crippen molar-refractivity contribution in [3.63, 3.8) is 0 Å². The minimum atomic E-state index is -0.331. The van der Waals surface area contributed by atoms with Gasteiger partial charge in [0.1, 0.15) is 12.4 Å². The standard InChI is InChI=1S/C16H21FN2O/c1-18(2)15-7-8-19(12-15)11-13-5-6-16(17)14(10-13)4-3-9-20/h5-6,10,15,20H,7-9,11-12H2,1-2H3. The normalized spacial score (nSPS) is 19.1. The monoisotopic (exact) mass is 276 g/mol. The molecule has 1 heterocycles. The van der Waals surface area contributed by atoms with Crippen molar-refractivity contribution in [2.45, 2.75) is 19.0 Å². The van der Waals surface area contributed by atoms with Gasteiger partial charge in [0.05, 0.1) is 5.56 Å². The maximum Gasteiger partial charge on any atom is 0.138 e. The lowest BCUT2D eigenvalue weighted by atomic mass is 10.1. The van der Waals surface area contributed by atoms with Gasteiger partial charge in [0, 0.05) is 25.7 Å². The Labute approximate surface area is 120 Å². The SMILES string of the molecule is CN(C)C1CCN(Cc2ccc(F)c(C#CCO)c2)C1. The summed E-state index contributed by atoms with van der Waals surface area (Å²) in [4.78, 5) is 4.63. The Morgan fingerprint density at radius 2 is 2.25 bits per heavy atom. The molecule has 0 aliphatic carbocycles. The van der Waals surface area contributed by atoms with Crippen LogP contribution in [0.3, 0.4) is 0 Å². The van der Waals surface area contributed by atoms with Crippen LogP contribution in [-0.4, -0.2) is 54.7 Å². The number of likely N-dealkylation sites (tertiary alicyclic amines) is 1. The lowest BCUT2D eigenvalue weighted by molar-refractivity contribution is 0.264. The summed E-state index contributed by atoms with van der Waals surface area (Å²) in [6, 6.07) is 5.64. The fraction of sp³-hybridized carbons (Fsp3) is 0.500. The number of hydrogen-bond donors (Lipinski definition) is 1. The molecule has 2 rings (SSSR count). The van der Waals surface area contributed by atoms with Gasteiger partial charge in [0.25, 0.3) is 0 Å². The van der Waals surface area contributed by atoms with Gasteiger partial charge >= 0.3 is 0 Å². The Morgan fingerprint density at radius 3 is 2.90 bits per heavy atom. The molecule has 3 nitrogen and oxygen atoms in total. The second kappa shape index (κ2) is 6.85. The summed E-state index contributed by atoms with van der Waals surface area (Å²) in [5.74, 6) is 4.82. The van der Waals surface area contributed by atoms with Crippen LogP contribution in [0.15, 0.2) is 18.2 Å². The van der Waals surface area contributed by atoms with Gasteiger partial charge in [0.15, 0.2) is 0 Å². The Balaban J connectivity index is 2.03. The highest BCUT2D eigenvalue weighted by Gasteiger charge is 2.23. The molecular formula is C16H21FN2O. The molecule has 1 atom stereocenters. The van der Waals surface area contributed by atoms with Crippen LogP contribution in [0, 0.1) is 17.7 Å². The fourth-order valence-corrected chi connectivity index (χ4v) is 2.54. The molecule has 108 valence electrons. The molecule has 0 bridgehead atoms. The zero-order valence-electron chi connectivity index (χ0n) is 12.1. The van der Waals surface area contributed by atoms with Crippen LogP contribution in [0.25, 0.3) is 0 Å². The number of aliphatic hydroxyl groups is 1. The summed E-state index contributed by atoms with van der Waals surface area (Å²) >= 11 is 0. The Hall–Kier alpha value is -1.41. The molecule has 1 unspecified atom stereocenters. The molecule has 4 heteroatoms. The van der Waals surface area contributed by atoms with Crippen molar-refractivity contribution >= 4 is 0 Å². The van der Waals surface area contributed by atoms with Crippen LogP contribution in [0.5, 0.6) is 0 Å². The molecule has 1 aromatic rings. The van der Waals surface area contributed by atoms with Crippen molar-refractivity contribution in [1.82, 2.24) is 9.80 Å². The van der Waals surface area contributed by atoms with E-state index in [-0.39, 0.29) is 12.4 Å². The van der Waals surface area contributed by atoms with E-state index in [1.54, 1.807) is 6.07 Å². The van der Waals surface area contributed by atoms with Gasteiger partial charge < -0.3 is 10.0 Å². The van der Waals surface area contributed by atoms with E-state index in [0.717, 1.165) is 25.2 Å². The molecule has 1 aliphatic heterocycles. The number of aliphatic hydroxyl groups excluding tert-OH is 1. The summed E-state index contributed by atoms with van der Waals surface area (Å²) in [6.45, 7) is 2.68. The van der Waals surface area contributed by atoms with Gasteiger partial charge in [-0.1, -0.05) is 17.9 Å². The molecule has 0 aromatic heterocycles. The van der Waals surface area contributed by atoms with Crippen LogP contribution in [0.2, 0.25) is 0 Å². The Morgan fingerprint density at radius 1 is 1.45 bits per heavy atom. The van der Waals surface area contributed by atoms with Crippen LogP contribution < -0.4 is 0 Å². The molecule has 1 saturated heterocycles. The summed E-state index contributed by atoms with van der Waals surface area (Å²) in [5, 5.41) is 8.69. The zero-order valence-corrected chi connectivity index (χ0v) is 12.1. The summed E-state index contributed by atoms with van der Waals surface area (Å²) in [6.07, 6.45) is 1.17. The first-order chi connectivity index (χ1) is 9.60. The van der Waals surface area contributed by atoms with Crippen LogP contribution in [0.1, 0.15) is 17.5 Å². The van der Waals surface area contributed by atoms with Crippen LogP contribution in [0.4, 0.5) is 4.39 Å². The predicted molar refractivity (Wildman–Crippen MR) is 77.7 cm³/mol. The number of likely N-dealkylation sites (N-methyl/N-ethyl adjacent to an activating group) is 1. The number of benzene rings is 1. The summed E-state index contributed by atoms with van der Waals surface area (Å²) in [5.41, 5.74) is 1.42. The number of halogens is 1. The molecule has 1 aromatic carbocycles. The van der Waals surface area contributed by atoms with E-state index in [1.807, 2.05) is 6.07 Å². The van der Waals surface area contributed by atoms with Crippen molar-refractivity contribution < 1.29 is 9.50 Å². The fourth-order valence-electron chi connectivity index (χ4n) is 2.54. The third-order valence-corrected chi connectivity index (χ3v) is 3.72. The number of hydrogen-bond acceptors (Lipinski definition) is 3. The summed E-state index contributed by atoms with van der Waals surface area (Å²) < 4.78 is 13.6. The molecule has 20 heavy (non-hydrogen) atoms. The summed E-state index contributed by atoms with van der Waals surface area (Å²) in [7, 11) is 4.21. The lowest BCUT2D eigenvalue weighted by Gasteiger charge is -2.20. The highest BCUT2D eigenvalue weighted by atomic mass is 19.1. The van der Waals surface area contributed by atoms with Crippen molar-refractivity contribution in [3.05, 3.63) is 35.1 Å². The Kier molecular flexibility index (Phi) is 5.13. The van der Waals surface area contributed by atoms with Gasteiger partial charge in [-0.3, -0.25) is 4.90 Å². The smallest absolute Gasteiger partial charge is 0.138 e. The van der Waals surface area contributed by atoms with Gasteiger partial charge in [-0.25, -0.2) is 4.39 Å². The number of rotatable bonds is 3. The first-order valence-electron chi connectivity index (χ1n) is 6.87. The first kappa shape index (κ1) is 15.0. The van der Waals surface area contributed by atoms with Crippen molar-refractivity contribution in [2.75, 3.05) is 33.8 Å². The third kappa shape index (κ3) is 3.80. The molecule has 1 fully saturated rings. The first-order valence-corrected chi connectivity index (χ1v) is 6.87. The molecule has 1 aliphatic rings. The molecular weight excluding hydrogens is 255 g/mol. The van der Waals surface area contributed by atoms with E-state index in [1.165, 1.54) is 12.5 Å². The lowest BCUT2D eigenvalue weighted by Crippen LogP contribution is -2.31. The molecule has 0 radical (unpaired) electrons. The highest BCUT2D eigenvalue weighted by molar-refractivity contribution is 5.38. The maximum absolute atomic E-state index is 13.6. The minimum absolute atomic E-state index is 0.250. The average Bonchev–Trinajstić information content (AvgIpc) is 2.88. The second-order valence-electron chi connectivity index (χ2n) is 5.42. The molecule has 0 amide bonds. The second-order valence-corrected chi connectivity index (χ2v) is 5.42. The van der Waals surface area contributed by atoms with Gasteiger partial charge in [0.2, 0.25) is 0 Å². The Bertz CT molecular complexity index is 519. The van der Waals surface area contributed by atoms with E-state index in [9.17, 15) is 4.39 Å². The van der Waals surface area contributed by atoms with E-state index in [0.29, 0.717) is 11.6 Å². The molecule has 0 spiro atoms. The maximum atomic E-state index is 13.6. The van der Waals surface area contributed by atoms with E-state index in [2.05, 4.69) is 35.7 Å². The van der Waals surface area contributed by atoms with Crippen LogP contribution in [-0.2, 0) is 6.54 Å². The minimum Gasteiger partial charge on any atom is -0.384 e. The van der Waals surface area contributed by atoms with Gasteiger partial charge in [-0.15, -0.1) is 0 Å². The van der Waals surface area contributed by atoms with E-state index >= 15 is 0 Å². The van der Waals surface area contributed by atoms with Gasteiger partial charge in [-0.05, 0) is 38.2 Å². The molecule has 1 N–H and O–H groups in total. The largest absolute Gasteiger partial charge is 0.384 e.